The molecule has 0 spiro atoms. The normalized spacial score (nSPS) is 14.1. The predicted octanol–water partition coefficient (Wildman–Crippen LogP) is -3.70. The smallest absolute Gasteiger partial charge is 0.326 e. The lowest BCUT2D eigenvalue weighted by Gasteiger charge is -2.24. The van der Waals surface area contributed by atoms with E-state index in [4.69, 9.17) is 22.3 Å². The fraction of sp³-hybridized carbons (Fsp3) is 0.550. The Kier molecular flexibility index (Phi) is 12.5. The minimum atomic E-state index is -1.65. The number of carbonyl (C=O) groups is 6. The van der Waals surface area contributed by atoms with Crippen LogP contribution < -0.4 is 33.2 Å². The lowest BCUT2D eigenvalue weighted by Crippen LogP contribution is -2.58. The van der Waals surface area contributed by atoms with Crippen LogP contribution in [0.3, 0.4) is 0 Å². The van der Waals surface area contributed by atoms with Crippen LogP contribution in [0, 0.1) is 0 Å². The maximum Gasteiger partial charge on any atom is 0.326 e. The summed E-state index contributed by atoms with van der Waals surface area (Å²) in [5.74, 6) is -6.81. The van der Waals surface area contributed by atoms with Crippen molar-refractivity contribution in [3.8, 4) is 0 Å². The van der Waals surface area contributed by atoms with Gasteiger partial charge in [-0.1, -0.05) is 6.42 Å². The number of carboxylic acid groups (broad SMARTS) is 2. The number of hydrogen-bond donors (Lipinski definition) is 9. The van der Waals surface area contributed by atoms with Gasteiger partial charge >= 0.3 is 11.9 Å². The van der Waals surface area contributed by atoms with Gasteiger partial charge in [-0.25, -0.2) is 9.78 Å². The fourth-order valence-electron chi connectivity index (χ4n) is 3.07. The van der Waals surface area contributed by atoms with Crippen molar-refractivity contribution in [3.05, 3.63) is 18.2 Å². The van der Waals surface area contributed by atoms with Crippen LogP contribution in [0.1, 0.15) is 37.8 Å². The number of aromatic nitrogens is 2. The van der Waals surface area contributed by atoms with E-state index in [1.807, 2.05) is 0 Å². The van der Waals surface area contributed by atoms with E-state index in [2.05, 4.69) is 25.9 Å². The molecule has 0 fully saturated rings. The summed E-state index contributed by atoms with van der Waals surface area (Å²) in [7, 11) is 0. The van der Waals surface area contributed by atoms with Gasteiger partial charge in [-0.3, -0.25) is 24.0 Å². The molecule has 0 aromatic carbocycles. The van der Waals surface area contributed by atoms with Gasteiger partial charge in [0.25, 0.3) is 0 Å². The molecule has 0 aliphatic heterocycles. The lowest BCUT2D eigenvalue weighted by atomic mass is 10.1. The Hall–Kier alpha value is -4.05. The van der Waals surface area contributed by atoms with Crippen molar-refractivity contribution in [3.63, 3.8) is 0 Å². The summed E-state index contributed by atoms with van der Waals surface area (Å²) in [6.07, 6.45) is 2.29. The molecule has 4 atom stereocenters. The first kappa shape index (κ1) is 30.0. The fourth-order valence-corrected chi connectivity index (χ4v) is 3.07. The molecule has 1 rings (SSSR count). The molecular formula is C20H32N8O8. The summed E-state index contributed by atoms with van der Waals surface area (Å²) in [4.78, 5) is 78.6. The highest BCUT2D eigenvalue weighted by Crippen LogP contribution is 2.04. The minimum Gasteiger partial charge on any atom is -0.481 e. The van der Waals surface area contributed by atoms with Gasteiger partial charge in [-0.15, -0.1) is 0 Å². The number of rotatable bonds is 17. The van der Waals surface area contributed by atoms with Gasteiger partial charge in [0.15, 0.2) is 0 Å². The van der Waals surface area contributed by atoms with Crippen molar-refractivity contribution < 1.29 is 39.0 Å². The molecule has 36 heavy (non-hydrogen) atoms. The van der Waals surface area contributed by atoms with Crippen LogP contribution in [0.4, 0.5) is 0 Å². The zero-order valence-electron chi connectivity index (χ0n) is 19.4. The maximum atomic E-state index is 12.8. The van der Waals surface area contributed by atoms with E-state index in [-0.39, 0.29) is 12.8 Å². The molecule has 1 aromatic heterocycles. The maximum absolute atomic E-state index is 12.8. The number of hydrogen-bond acceptors (Lipinski definition) is 9. The Labute approximate surface area is 205 Å². The van der Waals surface area contributed by atoms with E-state index < -0.39 is 72.6 Å². The van der Waals surface area contributed by atoms with Crippen LogP contribution in [0.2, 0.25) is 0 Å². The van der Waals surface area contributed by atoms with E-state index in [0.717, 1.165) is 0 Å². The van der Waals surface area contributed by atoms with Crippen molar-refractivity contribution in [2.24, 2.45) is 17.2 Å². The van der Waals surface area contributed by atoms with E-state index in [9.17, 15) is 33.9 Å². The second kappa shape index (κ2) is 15.0. The van der Waals surface area contributed by atoms with Gasteiger partial charge in [-0.2, -0.15) is 0 Å². The first-order chi connectivity index (χ1) is 16.9. The summed E-state index contributed by atoms with van der Waals surface area (Å²) in [6, 6.07) is -5.78. The number of nitrogens with zero attached hydrogens (tertiary/aromatic N) is 1. The lowest BCUT2D eigenvalue weighted by molar-refractivity contribution is -0.143. The first-order valence-corrected chi connectivity index (χ1v) is 11.0. The molecule has 16 nitrogen and oxygen atoms in total. The van der Waals surface area contributed by atoms with E-state index in [1.165, 1.54) is 12.5 Å². The molecule has 0 bridgehead atoms. The van der Waals surface area contributed by atoms with E-state index in [0.29, 0.717) is 25.1 Å². The first-order valence-electron chi connectivity index (χ1n) is 11.0. The van der Waals surface area contributed by atoms with Gasteiger partial charge in [0.1, 0.15) is 18.1 Å². The Morgan fingerprint density at radius 3 is 2.00 bits per heavy atom. The molecule has 0 saturated heterocycles. The molecule has 0 radical (unpaired) electrons. The van der Waals surface area contributed by atoms with Crippen LogP contribution in [0.25, 0.3) is 0 Å². The standard InChI is InChI=1S/C20H32N8O8/c21-4-2-1-3-11(22)17(32)26-13(7-16(30)31)19(34)27-12(6-15(23)29)18(33)28-14(20(35)36)5-10-8-24-9-25-10/h8-9,11-14H,1-7,21-22H2,(H2,23,29)(H,24,25)(H,26,32)(H,27,34)(H,28,33)(H,30,31)(H,35,36). The monoisotopic (exact) mass is 512 g/mol. The molecule has 4 unspecified atom stereocenters. The molecule has 200 valence electrons. The molecule has 0 aliphatic carbocycles. The van der Waals surface area contributed by atoms with Crippen molar-refractivity contribution in [2.75, 3.05) is 6.54 Å². The number of carbonyl (C=O) groups excluding carboxylic acids is 4. The summed E-state index contributed by atoms with van der Waals surface area (Å²) in [5, 5.41) is 25.1. The second-order valence-electron chi connectivity index (χ2n) is 7.96. The number of nitrogens with two attached hydrogens (primary N) is 3. The molecule has 0 aliphatic rings. The van der Waals surface area contributed by atoms with Crippen LogP contribution >= 0.6 is 0 Å². The second-order valence-corrected chi connectivity index (χ2v) is 7.96. The number of nitrogens with one attached hydrogen (secondary N) is 4. The van der Waals surface area contributed by atoms with Gasteiger partial charge < -0.3 is 48.3 Å². The number of amides is 4. The number of unbranched alkanes of at least 4 members (excludes halogenated alkanes) is 1. The van der Waals surface area contributed by atoms with E-state index >= 15 is 0 Å². The van der Waals surface area contributed by atoms with Crippen LogP contribution in [0.5, 0.6) is 0 Å². The highest BCUT2D eigenvalue weighted by molar-refractivity contribution is 5.97. The molecule has 16 heteroatoms. The number of carboxylic acids is 2. The van der Waals surface area contributed by atoms with Crippen LogP contribution in [-0.2, 0) is 35.2 Å². The van der Waals surface area contributed by atoms with Crippen molar-refractivity contribution in [1.29, 1.82) is 0 Å². The van der Waals surface area contributed by atoms with Crippen molar-refractivity contribution in [1.82, 2.24) is 25.9 Å². The summed E-state index contributed by atoms with van der Waals surface area (Å²) >= 11 is 0. The number of imidazole rings is 1. The number of H-pyrrole nitrogens is 1. The minimum absolute atomic E-state index is 0.182. The van der Waals surface area contributed by atoms with Crippen molar-refractivity contribution in [2.45, 2.75) is 62.7 Å². The average Bonchev–Trinajstić information content (AvgIpc) is 3.30. The average molecular weight is 513 g/mol. The van der Waals surface area contributed by atoms with Gasteiger partial charge in [-0.05, 0) is 19.4 Å². The molecule has 12 N–H and O–H groups in total. The summed E-state index contributed by atoms with van der Waals surface area (Å²) in [6.45, 7) is 0.395. The molecule has 1 aromatic rings. The highest BCUT2D eigenvalue weighted by atomic mass is 16.4. The third-order valence-electron chi connectivity index (χ3n) is 4.95. The summed E-state index contributed by atoms with van der Waals surface area (Å²) < 4.78 is 0. The van der Waals surface area contributed by atoms with Crippen molar-refractivity contribution >= 4 is 35.6 Å². The molecule has 4 amide bonds. The number of aliphatic carboxylic acids is 2. The Bertz CT molecular complexity index is 923. The third-order valence-corrected chi connectivity index (χ3v) is 4.95. The largest absolute Gasteiger partial charge is 0.481 e. The zero-order valence-corrected chi connectivity index (χ0v) is 19.4. The SMILES string of the molecule is NCCCCC(N)C(=O)NC(CC(=O)O)C(=O)NC(CC(N)=O)C(=O)NC(Cc1cnc[nH]1)C(=O)O. The number of aromatic amines is 1. The van der Waals surface area contributed by atoms with Crippen LogP contribution in [-0.4, -0.2) is 86.5 Å². The van der Waals surface area contributed by atoms with Gasteiger partial charge in [0, 0.05) is 18.3 Å². The Balaban J connectivity index is 2.95. The molecule has 1 heterocycles. The van der Waals surface area contributed by atoms with Gasteiger partial charge in [0.2, 0.25) is 23.6 Å². The zero-order chi connectivity index (χ0) is 27.3. The Morgan fingerprint density at radius 2 is 1.50 bits per heavy atom. The molecule has 0 saturated carbocycles. The quantitative estimate of drug-likeness (QED) is 0.0915. The van der Waals surface area contributed by atoms with Gasteiger partial charge in [0.05, 0.1) is 25.2 Å². The Morgan fingerprint density at radius 1 is 0.917 bits per heavy atom. The topological polar surface area (TPSA) is 286 Å². The molecular weight excluding hydrogens is 480 g/mol. The third kappa shape index (κ3) is 10.9. The van der Waals surface area contributed by atoms with Crippen LogP contribution in [0.15, 0.2) is 12.5 Å². The number of primary amides is 1. The predicted molar refractivity (Wildman–Crippen MR) is 123 cm³/mol. The van der Waals surface area contributed by atoms with E-state index in [1.54, 1.807) is 0 Å². The summed E-state index contributed by atoms with van der Waals surface area (Å²) in [5.41, 5.74) is 16.7. The highest BCUT2D eigenvalue weighted by Gasteiger charge is 2.32.